The number of rotatable bonds is 3. The molecular formula is C15H19N3S. The molecule has 0 saturated carbocycles. The molecule has 1 aliphatic rings. The molecule has 1 heterocycles. The van der Waals surface area contributed by atoms with Crippen LogP contribution in [0.2, 0.25) is 0 Å². The molecule has 100 valence electrons. The summed E-state index contributed by atoms with van der Waals surface area (Å²) >= 11 is 1.70. The van der Waals surface area contributed by atoms with Gasteiger partial charge in [-0.25, -0.2) is 0 Å². The zero-order chi connectivity index (χ0) is 13.2. The van der Waals surface area contributed by atoms with Gasteiger partial charge in [-0.3, -0.25) is 4.90 Å². The normalized spacial score (nSPS) is 18.6. The van der Waals surface area contributed by atoms with Crippen LogP contribution in [0.25, 0.3) is 0 Å². The summed E-state index contributed by atoms with van der Waals surface area (Å²) in [5, 5.41) is 10.5. The Balaban J connectivity index is 1.79. The van der Waals surface area contributed by atoms with Gasteiger partial charge in [-0.2, -0.15) is 0 Å². The molecule has 0 radical (unpaired) electrons. The fourth-order valence-corrected chi connectivity index (χ4v) is 3.68. The third-order valence-corrected chi connectivity index (χ3v) is 4.65. The summed E-state index contributed by atoms with van der Waals surface area (Å²) < 4.78 is 0. The van der Waals surface area contributed by atoms with E-state index in [-0.39, 0.29) is 0 Å². The van der Waals surface area contributed by atoms with E-state index >= 15 is 0 Å². The summed E-state index contributed by atoms with van der Waals surface area (Å²) in [5.41, 5.74) is 3.01. The molecule has 0 fully saturated rings. The van der Waals surface area contributed by atoms with E-state index in [1.54, 1.807) is 11.3 Å². The fourth-order valence-electron chi connectivity index (χ4n) is 2.91. The van der Waals surface area contributed by atoms with Crippen molar-refractivity contribution in [1.82, 2.24) is 15.1 Å². The van der Waals surface area contributed by atoms with Crippen molar-refractivity contribution in [3.63, 3.8) is 0 Å². The summed E-state index contributed by atoms with van der Waals surface area (Å²) in [6.45, 7) is 2.90. The van der Waals surface area contributed by atoms with Gasteiger partial charge in [0.15, 0.2) is 0 Å². The van der Waals surface area contributed by atoms with Crippen LogP contribution in [-0.2, 0) is 13.0 Å². The van der Waals surface area contributed by atoms with Crippen molar-refractivity contribution in [2.24, 2.45) is 0 Å². The highest BCUT2D eigenvalue weighted by Crippen LogP contribution is 2.34. The van der Waals surface area contributed by atoms with E-state index < -0.39 is 0 Å². The van der Waals surface area contributed by atoms with Crippen LogP contribution < -0.4 is 0 Å². The zero-order valence-corrected chi connectivity index (χ0v) is 12.3. The number of hydrogen-bond acceptors (Lipinski definition) is 4. The molecule has 0 spiro atoms. The Kier molecular flexibility index (Phi) is 3.62. The Morgan fingerprint density at radius 1 is 1.32 bits per heavy atom. The molecule has 2 aromatic rings. The van der Waals surface area contributed by atoms with Crippen LogP contribution >= 0.6 is 11.3 Å². The van der Waals surface area contributed by atoms with Crippen LogP contribution in [0.5, 0.6) is 0 Å². The number of aromatic nitrogens is 2. The number of benzene rings is 1. The molecule has 1 atom stereocenters. The topological polar surface area (TPSA) is 29.0 Å². The Labute approximate surface area is 118 Å². The van der Waals surface area contributed by atoms with E-state index in [1.165, 1.54) is 30.4 Å². The van der Waals surface area contributed by atoms with Gasteiger partial charge < -0.3 is 0 Å². The van der Waals surface area contributed by atoms with Crippen molar-refractivity contribution in [2.45, 2.75) is 38.8 Å². The summed E-state index contributed by atoms with van der Waals surface area (Å²) in [7, 11) is 2.20. The summed E-state index contributed by atoms with van der Waals surface area (Å²) in [5.74, 6) is 0. The molecule has 0 bridgehead atoms. The van der Waals surface area contributed by atoms with Crippen LogP contribution in [-0.4, -0.2) is 22.1 Å². The van der Waals surface area contributed by atoms with E-state index in [1.807, 2.05) is 6.92 Å². The van der Waals surface area contributed by atoms with E-state index in [0.29, 0.717) is 6.04 Å². The SMILES string of the molecule is Cc1nnc(CN(C)[C@H]2CCCc3ccccc32)s1. The highest BCUT2D eigenvalue weighted by molar-refractivity contribution is 7.11. The highest BCUT2D eigenvalue weighted by atomic mass is 32.1. The predicted molar refractivity (Wildman–Crippen MR) is 78.2 cm³/mol. The second kappa shape index (κ2) is 5.39. The number of fused-ring (bicyclic) bond motifs is 1. The Bertz CT molecular complexity index is 564. The van der Waals surface area contributed by atoms with E-state index in [0.717, 1.165) is 16.6 Å². The first kappa shape index (κ1) is 12.8. The van der Waals surface area contributed by atoms with E-state index in [9.17, 15) is 0 Å². The van der Waals surface area contributed by atoms with Crippen LogP contribution in [0.15, 0.2) is 24.3 Å². The molecule has 1 aliphatic carbocycles. The number of nitrogens with zero attached hydrogens (tertiary/aromatic N) is 3. The molecular weight excluding hydrogens is 254 g/mol. The first-order chi connectivity index (χ1) is 9.24. The maximum absolute atomic E-state index is 4.23. The third kappa shape index (κ3) is 2.69. The minimum absolute atomic E-state index is 0.522. The molecule has 0 amide bonds. The van der Waals surface area contributed by atoms with Gasteiger partial charge in [-0.05, 0) is 44.4 Å². The van der Waals surface area contributed by atoms with Crippen LogP contribution in [0.4, 0.5) is 0 Å². The molecule has 0 N–H and O–H groups in total. The lowest BCUT2D eigenvalue weighted by Gasteiger charge is -2.32. The number of aryl methyl sites for hydroxylation is 2. The first-order valence-corrected chi connectivity index (χ1v) is 7.62. The summed E-state index contributed by atoms with van der Waals surface area (Å²) in [4.78, 5) is 2.41. The van der Waals surface area contributed by atoms with Gasteiger partial charge in [0, 0.05) is 6.04 Å². The maximum Gasteiger partial charge on any atom is 0.131 e. The summed E-state index contributed by atoms with van der Waals surface area (Å²) in [6, 6.07) is 9.37. The standard InChI is InChI=1S/C15H19N3S/c1-11-16-17-15(19-11)10-18(2)14-9-5-7-12-6-3-4-8-13(12)14/h3-4,6,8,14H,5,7,9-10H2,1-2H3/t14-/m0/s1. The van der Waals surface area contributed by atoms with Crippen molar-refractivity contribution in [3.05, 3.63) is 45.4 Å². The second-order valence-corrected chi connectivity index (χ2v) is 6.50. The lowest BCUT2D eigenvalue weighted by Crippen LogP contribution is -2.27. The molecule has 3 nitrogen and oxygen atoms in total. The molecule has 19 heavy (non-hydrogen) atoms. The molecule has 1 aromatic heterocycles. The van der Waals surface area contributed by atoms with E-state index in [2.05, 4.69) is 46.4 Å². The first-order valence-electron chi connectivity index (χ1n) is 6.81. The Morgan fingerprint density at radius 3 is 2.95 bits per heavy atom. The average Bonchev–Trinajstić information content (AvgIpc) is 2.83. The smallest absolute Gasteiger partial charge is 0.131 e. The molecule has 3 rings (SSSR count). The minimum Gasteiger partial charge on any atom is -0.293 e. The quantitative estimate of drug-likeness (QED) is 0.858. The molecule has 0 saturated heterocycles. The van der Waals surface area contributed by atoms with Gasteiger partial charge in [0.2, 0.25) is 0 Å². The molecule has 1 aromatic carbocycles. The largest absolute Gasteiger partial charge is 0.293 e. The van der Waals surface area contributed by atoms with Gasteiger partial charge in [0.1, 0.15) is 10.0 Å². The van der Waals surface area contributed by atoms with Crippen molar-refractivity contribution in [2.75, 3.05) is 7.05 Å². The lowest BCUT2D eigenvalue weighted by atomic mass is 9.87. The molecule has 4 heteroatoms. The van der Waals surface area contributed by atoms with Gasteiger partial charge in [0.25, 0.3) is 0 Å². The van der Waals surface area contributed by atoms with Gasteiger partial charge in [-0.15, -0.1) is 21.5 Å². The molecule has 0 aliphatic heterocycles. The van der Waals surface area contributed by atoms with Gasteiger partial charge in [0.05, 0.1) is 6.54 Å². The third-order valence-electron chi connectivity index (χ3n) is 3.82. The van der Waals surface area contributed by atoms with Crippen molar-refractivity contribution in [3.8, 4) is 0 Å². The fraction of sp³-hybridized carbons (Fsp3) is 0.467. The zero-order valence-electron chi connectivity index (χ0n) is 11.5. The van der Waals surface area contributed by atoms with Gasteiger partial charge >= 0.3 is 0 Å². The monoisotopic (exact) mass is 273 g/mol. The van der Waals surface area contributed by atoms with Crippen molar-refractivity contribution >= 4 is 11.3 Å². The number of hydrogen-bond donors (Lipinski definition) is 0. The van der Waals surface area contributed by atoms with Crippen LogP contribution in [0.3, 0.4) is 0 Å². The Morgan fingerprint density at radius 2 is 2.16 bits per heavy atom. The van der Waals surface area contributed by atoms with Crippen LogP contribution in [0, 0.1) is 6.92 Å². The summed E-state index contributed by atoms with van der Waals surface area (Å²) in [6.07, 6.45) is 3.74. The van der Waals surface area contributed by atoms with Crippen molar-refractivity contribution in [1.29, 1.82) is 0 Å². The minimum atomic E-state index is 0.522. The van der Waals surface area contributed by atoms with Crippen molar-refractivity contribution < 1.29 is 0 Å². The van der Waals surface area contributed by atoms with E-state index in [4.69, 9.17) is 0 Å². The lowest BCUT2D eigenvalue weighted by molar-refractivity contribution is 0.212. The predicted octanol–water partition coefficient (Wildman–Crippen LogP) is 3.36. The average molecular weight is 273 g/mol. The highest BCUT2D eigenvalue weighted by Gasteiger charge is 2.23. The maximum atomic E-state index is 4.23. The van der Waals surface area contributed by atoms with Crippen LogP contribution in [0.1, 0.15) is 40.0 Å². The van der Waals surface area contributed by atoms with Gasteiger partial charge in [-0.1, -0.05) is 24.3 Å². The Hall–Kier alpha value is -1.26. The molecule has 0 unspecified atom stereocenters. The second-order valence-electron chi connectivity index (χ2n) is 5.24.